The predicted molar refractivity (Wildman–Crippen MR) is 57.2 cm³/mol. The van der Waals surface area contributed by atoms with E-state index in [0.717, 1.165) is 4.57 Å². The molecule has 0 amide bonds. The van der Waals surface area contributed by atoms with E-state index in [1.54, 1.807) is 7.05 Å². The van der Waals surface area contributed by atoms with E-state index >= 15 is 0 Å². The summed E-state index contributed by atoms with van der Waals surface area (Å²) >= 11 is 0. The van der Waals surface area contributed by atoms with Gasteiger partial charge in [0.05, 0.1) is 0 Å². The highest BCUT2D eigenvalue weighted by Gasteiger charge is 2.12. The van der Waals surface area contributed by atoms with Crippen molar-refractivity contribution in [2.75, 3.05) is 6.54 Å². The number of hydrogen-bond donors (Lipinski definition) is 0. The maximum atomic E-state index is 11.7. The van der Waals surface area contributed by atoms with E-state index < -0.39 is 11.2 Å². The molecule has 0 aliphatic carbocycles. The van der Waals surface area contributed by atoms with Gasteiger partial charge in [0.1, 0.15) is 0 Å². The van der Waals surface area contributed by atoms with Crippen LogP contribution in [0.3, 0.4) is 0 Å². The standard InChI is InChI=1S/C9H11N5O2/c1-4-10-8-11-5-6(12-8)13(2)9(16)14(3)7(5)15/h4H2,1-3H3. The zero-order chi connectivity index (χ0) is 11.9. The summed E-state index contributed by atoms with van der Waals surface area (Å²) in [4.78, 5) is 35.4. The number of guanidine groups is 1. The van der Waals surface area contributed by atoms with Crippen molar-refractivity contribution in [3.8, 4) is 0 Å². The molecule has 0 saturated heterocycles. The number of nitrogens with zero attached hydrogens (tertiary/aromatic N) is 5. The van der Waals surface area contributed by atoms with Gasteiger partial charge >= 0.3 is 5.69 Å². The Morgan fingerprint density at radius 3 is 2.50 bits per heavy atom. The second kappa shape index (κ2) is 3.51. The van der Waals surface area contributed by atoms with Crippen LogP contribution < -0.4 is 22.1 Å². The van der Waals surface area contributed by atoms with Gasteiger partial charge in [-0.15, -0.1) is 0 Å². The third-order valence-electron chi connectivity index (χ3n) is 2.33. The van der Waals surface area contributed by atoms with E-state index in [4.69, 9.17) is 0 Å². The Morgan fingerprint density at radius 2 is 1.88 bits per heavy atom. The highest BCUT2D eigenvalue weighted by atomic mass is 16.2. The van der Waals surface area contributed by atoms with Gasteiger partial charge in [0.25, 0.3) is 5.56 Å². The van der Waals surface area contributed by atoms with E-state index in [1.807, 2.05) is 6.92 Å². The molecule has 0 spiro atoms. The van der Waals surface area contributed by atoms with Crippen molar-refractivity contribution in [3.05, 3.63) is 31.7 Å². The summed E-state index contributed by atoms with van der Waals surface area (Å²) < 4.78 is 2.30. The SMILES string of the molecule is CCN=C1N=c2c(=O)n(C)c(=O)n(C)c2=N1. The van der Waals surface area contributed by atoms with Crippen molar-refractivity contribution in [2.45, 2.75) is 6.92 Å². The third-order valence-corrected chi connectivity index (χ3v) is 2.33. The Bertz CT molecular complexity index is 707. The van der Waals surface area contributed by atoms with Crippen LogP contribution in [0.15, 0.2) is 24.6 Å². The monoisotopic (exact) mass is 221 g/mol. The van der Waals surface area contributed by atoms with Gasteiger partial charge in [0.2, 0.25) is 5.96 Å². The number of fused-ring (bicyclic) bond motifs is 1. The summed E-state index contributed by atoms with van der Waals surface area (Å²) in [5, 5.41) is 0.178. The van der Waals surface area contributed by atoms with Crippen LogP contribution in [0.1, 0.15) is 6.92 Å². The average Bonchev–Trinajstić information content (AvgIpc) is 2.68. The Kier molecular flexibility index (Phi) is 2.30. The first-order chi connectivity index (χ1) is 7.56. The Labute approximate surface area is 90.1 Å². The van der Waals surface area contributed by atoms with Crippen molar-refractivity contribution in [1.82, 2.24) is 9.13 Å². The quantitative estimate of drug-likeness (QED) is 0.535. The molecule has 0 radical (unpaired) electrons. The summed E-state index contributed by atoms with van der Waals surface area (Å²) in [7, 11) is 2.96. The molecule has 7 nitrogen and oxygen atoms in total. The van der Waals surface area contributed by atoms with Gasteiger partial charge in [-0.1, -0.05) is 0 Å². The fourth-order valence-corrected chi connectivity index (χ4v) is 1.47. The Hall–Kier alpha value is -2.05. The topological polar surface area (TPSA) is 81.1 Å². The lowest BCUT2D eigenvalue weighted by molar-refractivity contribution is 0.648. The van der Waals surface area contributed by atoms with Crippen molar-refractivity contribution >= 4 is 5.96 Å². The minimum atomic E-state index is -0.442. The fourth-order valence-electron chi connectivity index (χ4n) is 1.47. The maximum Gasteiger partial charge on any atom is 0.332 e. The number of hydrogen-bond acceptors (Lipinski definition) is 3. The molecule has 0 unspecified atom stereocenters. The molecule has 7 heteroatoms. The van der Waals surface area contributed by atoms with Crippen LogP contribution >= 0.6 is 0 Å². The molecule has 0 fully saturated rings. The molecule has 0 bridgehead atoms. The first-order valence-electron chi connectivity index (χ1n) is 4.84. The van der Waals surface area contributed by atoms with Crippen molar-refractivity contribution in [3.63, 3.8) is 0 Å². The minimum Gasteiger partial charge on any atom is -0.279 e. The molecule has 0 atom stereocenters. The van der Waals surface area contributed by atoms with E-state index in [9.17, 15) is 9.59 Å². The van der Waals surface area contributed by atoms with Crippen LogP contribution in [0.5, 0.6) is 0 Å². The number of aromatic nitrogens is 2. The van der Waals surface area contributed by atoms with Crippen LogP contribution in [-0.2, 0) is 14.1 Å². The van der Waals surface area contributed by atoms with Crippen molar-refractivity contribution in [2.24, 2.45) is 29.1 Å². The molecule has 0 aromatic carbocycles. The fraction of sp³-hybridized carbons (Fsp3) is 0.444. The van der Waals surface area contributed by atoms with Crippen LogP contribution in [-0.4, -0.2) is 21.6 Å². The van der Waals surface area contributed by atoms with Crippen molar-refractivity contribution in [1.29, 1.82) is 0 Å². The number of aliphatic imine (C=N–C) groups is 1. The summed E-state index contributed by atoms with van der Waals surface area (Å²) in [5.41, 5.74) is -0.580. The molecule has 2 heterocycles. The van der Waals surface area contributed by atoms with E-state index in [-0.39, 0.29) is 16.8 Å². The van der Waals surface area contributed by atoms with E-state index in [1.165, 1.54) is 11.6 Å². The lowest BCUT2D eigenvalue weighted by Crippen LogP contribution is -2.55. The van der Waals surface area contributed by atoms with Gasteiger partial charge in [-0.05, 0) is 6.92 Å². The second-order valence-electron chi connectivity index (χ2n) is 3.38. The third kappa shape index (κ3) is 1.32. The smallest absolute Gasteiger partial charge is 0.279 e. The van der Waals surface area contributed by atoms with Gasteiger partial charge in [-0.3, -0.25) is 13.9 Å². The summed E-state index contributed by atoms with van der Waals surface area (Å²) in [5.74, 6) is 0.246. The summed E-state index contributed by atoms with van der Waals surface area (Å²) in [6.45, 7) is 2.38. The lowest BCUT2D eigenvalue weighted by atomic mass is 10.5. The highest BCUT2D eigenvalue weighted by Crippen LogP contribution is 1.83. The van der Waals surface area contributed by atoms with Gasteiger partial charge in [-0.2, -0.15) is 4.99 Å². The molecule has 0 saturated carbocycles. The normalized spacial score (nSPS) is 15.8. The minimum absolute atomic E-state index is 0.178. The molecule has 1 aliphatic heterocycles. The zero-order valence-electron chi connectivity index (χ0n) is 9.26. The summed E-state index contributed by atoms with van der Waals surface area (Å²) in [6.07, 6.45) is 0. The maximum absolute atomic E-state index is 11.7. The van der Waals surface area contributed by atoms with Gasteiger partial charge in [0, 0.05) is 20.6 Å². The number of rotatable bonds is 1. The molecule has 2 rings (SSSR count). The van der Waals surface area contributed by atoms with E-state index in [0.29, 0.717) is 6.54 Å². The first-order valence-corrected chi connectivity index (χ1v) is 4.84. The van der Waals surface area contributed by atoms with Gasteiger partial charge in [-0.25, -0.2) is 14.8 Å². The largest absolute Gasteiger partial charge is 0.332 e. The van der Waals surface area contributed by atoms with Gasteiger partial charge < -0.3 is 0 Å². The second-order valence-corrected chi connectivity index (χ2v) is 3.38. The molecule has 16 heavy (non-hydrogen) atoms. The molecule has 0 N–H and O–H groups in total. The Balaban J connectivity index is 2.98. The summed E-state index contributed by atoms with van der Waals surface area (Å²) in [6, 6.07) is 0. The average molecular weight is 221 g/mol. The van der Waals surface area contributed by atoms with Crippen LogP contribution in [0.4, 0.5) is 0 Å². The molecule has 84 valence electrons. The molecule has 1 aromatic heterocycles. The van der Waals surface area contributed by atoms with E-state index in [2.05, 4.69) is 15.0 Å². The molecular formula is C9H11N5O2. The lowest BCUT2D eigenvalue weighted by Gasteiger charge is -1.98. The van der Waals surface area contributed by atoms with Crippen molar-refractivity contribution < 1.29 is 0 Å². The highest BCUT2D eigenvalue weighted by molar-refractivity contribution is 5.82. The van der Waals surface area contributed by atoms with Gasteiger partial charge in [0.15, 0.2) is 10.8 Å². The van der Waals surface area contributed by atoms with Crippen LogP contribution in [0.2, 0.25) is 0 Å². The molecule has 1 aliphatic rings. The molecular weight excluding hydrogens is 210 g/mol. The van der Waals surface area contributed by atoms with Crippen LogP contribution in [0.25, 0.3) is 0 Å². The first kappa shape index (κ1) is 10.5. The predicted octanol–water partition coefficient (Wildman–Crippen LogP) is -2.29. The molecule has 1 aromatic rings. The Morgan fingerprint density at radius 1 is 1.19 bits per heavy atom. The zero-order valence-corrected chi connectivity index (χ0v) is 9.26. The van der Waals surface area contributed by atoms with Crippen LogP contribution in [0, 0.1) is 0 Å².